The van der Waals surface area contributed by atoms with Crippen LogP contribution in [-0.2, 0) is 22.4 Å². The predicted molar refractivity (Wildman–Crippen MR) is 90.5 cm³/mol. The van der Waals surface area contributed by atoms with Crippen LogP contribution in [0.2, 0.25) is 0 Å². The molecule has 0 saturated carbocycles. The molecular weight excluding hydrogens is 290 g/mol. The van der Waals surface area contributed by atoms with E-state index in [0.717, 1.165) is 5.56 Å². The van der Waals surface area contributed by atoms with Crippen molar-refractivity contribution >= 4 is 17.6 Å². The molecule has 0 heterocycles. The lowest BCUT2D eigenvalue weighted by atomic mass is 9.99. The second kappa shape index (κ2) is 7.58. The Morgan fingerprint density at radius 1 is 1.00 bits per heavy atom. The Hall–Kier alpha value is -2.62. The average Bonchev–Trinajstić information content (AvgIpc) is 2.51. The highest BCUT2D eigenvalue weighted by Crippen LogP contribution is 2.14. The molecule has 2 aromatic carbocycles. The van der Waals surface area contributed by atoms with Crippen LogP contribution in [0.15, 0.2) is 48.5 Å². The van der Waals surface area contributed by atoms with Crippen LogP contribution in [0.5, 0.6) is 0 Å². The zero-order chi connectivity index (χ0) is 16.8. The van der Waals surface area contributed by atoms with E-state index < -0.39 is 5.97 Å². The van der Waals surface area contributed by atoms with Crippen molar-refractivity contribution < 1.29 is 14.7 Å². The zero-order valence-electron chi connectivity index (χ0n) is 13.4. The van der Waals surface area contributed by atoms with E-state index in [1.54, 1.807) is 24.3 Å². The van der Waals surface area contributed by atoms with Crippen LogP contribution >= 0.6 is 0 Å². The second-order valence-corrected chi connectivity index (χ2v) is 5.85. The molecule has 4 heteroatoms. The zero-order valence-corrected chi connectivity index (χ0v) is 13.4. The minimum Gasteiger partial charge on any atom is -0.481 e. The van der Waals surface area contributed by atoms with Gasteiger partial charge in [0.05, 0.1) is 6.42 Å². The lowest BCUT2D eigenvalue weighted by Gasteiger charge is -2.13. The third-order valence-corrected chi connectivity index (χ3v) is 3.69. The molecular formula is C19H21NO3. The molecule has 0 spiro atoms. The lowest BCUT2D eigenvalue weighted by Crippen LogP contribution is -2.22. The van der Waals surface area contributed by atoms with Gasteiger partial charge in [0, 0.05) is 11.6 Å². The number of anilines is 1. The van der Waals surface area contributed by atoms with E-state index in [0.29, 0.717) is 17.7 Å². The first-order valence-corrected chi connectivity index (χ1v) is 7.61. The third kappa shape index (κ3) is 5.25. The lowest BCUT2D eigenvalue weighted by molar-refractivity contribution is -0.136. The second-order valence-electron chi connectivity index (χ2n) is 5.85. The molecule has 0 aliphatic carbocycles. The Labute approximate surface area is 136 Å². The van der Waals surface area contributed by atoms with Gasteiger partial charge in [0.15, 0.2) is 0 Å². The highest BCUT2D eigenvalue weighted by Gasteiger charge is 2.14. The number of aryl methyl sites for hydroxylation is 1. The molecule has 0 aliphatic heterocycles. The van der Waals surface area contributed by atoms with Crippen molar-refractivity contribution in [3.63, 3.8) is 0 Å². The summed E-state index contributed by atoms with van der Waals surface area (Å²) in [4.78, 5) is 22.9. The summed E-state index contributed by atoms with van der Waals surface area (Å²) in [6.07, 6.45) is 0.668. The summed E-state index contributed by atoms with van der Waals surface area (Å²) in [5, 5.41) is 11.6. The Morgan fingerprint density at radius 2 is 1.57 bits per heavy atom. The van der Waals surface area contributed by atoms with E-state index in [2.05, 4.69) is 5.32 Å². The van der Waals surface area contributed by atoms with Gasteiger partial charge in [-0.2, -0.15) is 0 Å². The van der Waals surface area contributed by atoms with Gasteiger partial charge in [0.25, 0.3) is 0 Å². The summed E-state index contributed by atoms with van der Waals surface area (Å²) in [5.41, 5.74) is 3.73. The van der Waals surface area contributed by atoms with Crippen LogP contribution in [0.25, 0.3) is 0 Å². The SMILES string of the molecule is Cc1ccc(CC(C)C(=O)Nc2ccc(CC(=O)O)cc2)cc1. The van der Waals surface area contributed by atoms with Gasteiger partial charge in [-0.05, 0) is 36.6 Å². The Bertz CT molecular complexity index is 675. The normalized spacial score (nSPS) is 11.7. The molecule has 1 unspecified atom stereocenters. The summed E-state index contributed by atoms with van der Waals surface area (Å²) >= 11 is 0. The predicted octanol–water partition coefficient (Wildman–Crippen LogP) is 3.44. The quantitative estimate of drug-likeness (QED) is 0.859. The number of hydrogen-bond donors (Lipinski definition) is 2. The number of carboxylic acids is 1. The van der Waals surface area contributed by atoms with E-state index in [9.17, 15) is 9.59 Å². The summed E-state index contributed by atoms with van der Waals surface area (Å²) < 4.78 is 0. The first-order chi connectivity index (χ1) is 10.9. The molecule has 2 N–H and O–H groups in total. The van der Waals surface area contributed by atoms with Gasteiger partial charge >= 0.3 is 5.97 Å². The summed E-state index contributed by atoms with van der Waals surface area (Å²) in [5.74, 6) is -1.05. The molecule has 0 radical (unpaired) electrons. The van der Waals surface area contributed by atoms with Crippen molar-refractivity contribution in [2.45, 2.75) is 26.7 Å². The van der Waals surface area contributed by atoms with Gasteiger partial charge in [-0.1, -0.05) is 48.9 Å². The molecule has 120 valence electrons. The molecule has 2 rings (SSSR count). The first-order valence-electron chi connectivity index (χ1n) is 7.61. The maximum atomic E-state index is 12.2. The fourth-order valence-electron chi connectivity index (χ4n) is 2.32. The number of nitrogens with one attached hydrogen (secondary N) is 1. The summed E-state index contributed by atoms with van der Waals surface area (Å²) in [6, 6.07) is 15.1. The van der Waals surface area contributed by atoms with Gasteiger partial charge in [0.2, 0.25) is 5.91 Å². The van der Waals surface area contributed by atoms with Crippen molar-refractivity contribution in [3.05, 3.63) is 65.2 Å². The van der Waals surface area contributed by atoms with E-state index in [1.165, 1.54) is 5.56 Å². The monoisotopic (exact) mass is 311 g/mol. The van der Waals surface area contributed by atoms with E-state index in [1.807, 2.05) is 38.1 Å². The number of benzene rings is 2. The van der Waals surface area contributed by atoms with Crippen molar-refractivity contribution in [1.29, 1.82) is 0 Å². The molecule has 23 heavy (non-hydrogen) atoms. The average molecular weight is 311 g/mol. The number of aliphatic carboxylic acids is 1. The van der Waals surface area contributed by atoms with E-state index in [-0.39, 0.29) is 18.2 Å². The first kappa shape index (κ1) is 16.7. The van der Waals surface area contributed by atoms with Crippen LogP contribution in [0.3, 0.4) is 0 Å². The minimum absolute atomic E-state index is 0.0158. The third-order valence-electron chi connectivity index (χ3n) is 3.69. The highest BCUT2D eigenvalue weighted by molar-refractivity contribution is 5.92. The smallest absolute Gasteiger partial charge is 0.307 e. The molecule has 0 saturated heterocycles. The number of hydrogen-bond acceptors (Lipinski definition) is 2. The molecule has 0 bridgehead atoms. The Morgan fingerprint density at radius 3 is 2.13 bits per heavy atom. The maximum Gasteiger partial charge on any atom is 0.307 e. The summed E-state index contributed by atoms with van der Waals surface area (Å²) in [7, 11) is 0. The fourth-order valence-corrected chi connectivity index (χ4v) is 2.32. The molecule has 4 nitrogen and oxygen atoms in total. The van der Waals surface area contributed by atoms with Crippen LogP contribution in [0.1, 0.15) is 23.6 Å². The van der Waals surface area contributed by atoms with Gasteiger partial charge in [-0.25, -0.2) is 0 Å². The highest BCUT2D eigenvalue weighted by atomic mass is 16.4. The van der Waals surface area contributed by atoms with Gasteiger partial charge in [-0.3, -0.25) is 9.59 Å². The molecule has 1 amide bonds. The van der Waals surface area contributed by atoms with Crippen molar-refractivity contribution in [1.82, 2.24) is 0 Å². The van der Waals surface area contributed by atoms with E-state index >= 15 is 0 Å². The van der Waals surface area contributed by atoms with Crippen LogP contribution in [-0.4, -0.2) is 17.0 Å². The Kier molecular flexibility index (Phi) is 5.52. The number of carbonyl (C=O) groups excluding carboxylic acids is 1. The molecule has 2 aromatic rings. The molecule has 0 aliphatic rings. The number of amides is 1. The Balaban J connectivity index is 1.92. The van der Waals surface area contributed by atoms with E-state index in [4.69, 9.17) is 5.11 Å². The maximum absolute atomic E-state index is 12.2. The molecule has 0 aromatic heterocycles. The van der Waals surface area contributed by atoms with Crippen LogP contribution in [0, 0.1) is 12.8 Å². The number of carboxylic acid groups (broad SMARTS) is 1. The number of rotatable bonds is 6. The van der Waals surface area contributed by atoms with Gasteiger partial charge in [-0.15, -0.1) is 0 Å². The fraction of sp³-hybridized carbons (Fsp3) is 0.263. The van der Waals surface area contributed by atoms with Gasteiger partial charge < -0.3 is 10.4 Å². The number of carbonyl (C=O) groups is 2. The van der Waals surface area contributed by atoms with Gasteiger partial charge in [0.1, 0.15) is 0 Å². The standard InChI is InChI=1S/C19H21NO3/c1-13-3-5-15(6-4-13)11-14(2)19(23)20-17-9-7-16(8-10-17)12-18(21)22/h3-10,14H,11-12H2,1-2H3,(H,20,23)(H,21,22). The largest absolute Gasteiger partial charge is 0.481 e. The van der Waals surface area contributed by atoms with Crippen molar-refractivity contribution in [2.24, 2.45) is 5.92 Å². The molecule has 0 fully saturated rings. The van der Waals surface area contributed by atoms with Crippen molar-refractivity contribution in [3.8, 4) is 0 Å². The van der Waals surface area contributed by atoms with Crippen molar-refractivity contribution in [2.75, 3.05) is 5.32 Å². The molecule has 1 atom stereocenters. The topological polar surface area (TPSA) is 66.4 Å². The summed E-state index contributed by atoms with van der Waals surface area (Å²) in [6.45, 7) is 3.93. The van der Waals surface area contributed by atoms with Crippen LogP contribution in [0.4, 0.5) is 5.69 Å². The van der Waals surface area contributed by atoms with Crippen LogP contribution < -0.4 is 5.32 Å². The minimum atomic E-state index is -0.867.